The van der Waals surface area contributed by atoms with Gasteiger partial charge in [-0.05, 0) is 41.4 Å². The summed E-state index contributed by atoms with van der Waals surface area (Å²) in [5, 5.41) is 9.84. The first-order chi connectivity index (χ1) is 7.74. The molecule has 1 N–H and O–H groups in total. The minimum Gasteiger partial charge on any atom is -0.393 e. The maximum absolute atomic E-state index is 9.84. The van der Waals surface area contributed by atoms with Crippen molar-refractivity contribution in [2.24, 2.45) is 11.8 Å². The Morgan fingerprint density at radius 2 is 2.00 bits per heavy atom. The largest absolute Gasteiger partial charge is 0.393 e. The topological polar surface area (TPSA) is 49.2 Å². The third-order valence-corrected chi connectivity index (χ3v) is 4.27. The minimum absolute atomic E-state index is 0.112. The lowest BCUT2D eigenvalue weighted by atomic mass is 10.00. The maximum Gasteiger partial charge on any atom is 0.225 e. The fourth-order valence-electron chi connectivity index (χ4n) is 2.87. The normalized spacial score (nSPS) is 33.1. The first kappa shape index (κ1) is 10.7. The molecular weight excluding hydrogens is 317 g/mol. The summed E-state index contributed by atoms with van der Waals surface area (Å²) in [6.45, 7) is 1.91. The van der Waals surface area contributed by atoms with Crippen LogP contribution in [0.3, 0.4) is 0 Å². The van der Waals surface area contributed by atoms with Gasteiger partial charge in [-0.2, -0.15) is 0 Å². The maximum atomic E-state index is 9.84. The molecule has 1 aliphatic heterocycles. The summed E-state index contributed by atoms with van der Waals surface area (Å²) >= 11 is 2.21. The molecule has 1 saturated heterocycles. The van der Waals surface area contributed by atoms with E-state index in [2.05, 4.69) is 37.5 Å². The van der Waals surface area contributed by atoms with Crippen molar-refractivity contribution >= 4 is 28.5 Å². The van der Waals surface area contributed by atoms with Crippen LogP contribution in [0.25, 0.3) is 0 Å². The Morgan fingerprint density at radius 1 is 1.25 bits per heavy atom. The third-order valence-electron chi connectivity index (χ3n) is 3.71. The highest BCUT2D eigenvalue weighted by molar-refractivity contribution is 14.1. The van der Waals surface area contributed by atoms with E-state index in [4.69, 9.17) is 0 Å². The van der Waals surface area contributed by atoms with Crippen molar-refractivity contribution in [3.05, 3.63) is 16.0 Å². The predicted octanol–water partition coefficient (Wildman–Crippen LogP) is 1.29. The van der Waals surface area contributed by atoms with Crippen LogP contribution in [0.5, 0.6) is 0 Å². The van der Waals surface area contributed by atoms with Crippen LogP contribution in [0.2, 0.25) is 0 Å². The summed E-state index contributed by atoms with van der Waals surface area (Å²) in [6, 6.07) is 0. The molecule has 1 aromatic rings. The first-order valence-corrected chi connectivity index (χ1v) is 6.72. The summed E-state index contributed by atoms with van der Waals surface area (Å²) in [6.07, 6.45) is 5.68. The van der Waals surface area contributed by atoms with Crippen molar-refractivity contribution in [2.75, 3.05) is 18.0 Å². The van der Waals surface area contributed by atoms with Crippen LogP contribution in [0, 0.1) is 15.4 Å². The first-order valence-electron chi connectivity index (χ1n) is 5.64. The standard InChI is InChI=1S/C11H14IN3O/c12-8-3-13-11(14-4-8)15-5-7-1-2-10(16)9(7)6-15/h3-4,7,9-10,16H,1-2,5-6H2. The van der Waals surface area contributed by atoms with Gasteiger partial charge in [0.1, 0.15) is 0 Å². The van der Waals surface area contributed by atoms with Crippen LogP contribution in [0.15, 0.2) is 12.4 Å². The number of halogens is 1. The van der Waals surface area contributed by atoms with Crippen molar-refractivity contribution in [2.45, 2.75) is 18.9 Å². The molecule has 2 heterocycles. The SMILES string of the molecule is OC1CCC2CN(c3ncc(I)cn3)CC12. The molecule has 1 aliphatic carbocycles. The zero-order chi connectivity index (χ0) is 11.1. The number of nitrogens with zero attached hydrogens (tertiary/aromatic N) is 3. The Hall–Kier alpha value is -0.430. The molecule has 5 heteroatoms. The van der Waals surface area contributed by atoms with E-state index in [0.717, 1.165) is 35.4 Å². The lowest BCUT2D eigenvalue weighted by molar-refractivity contribution is 0.133. The second-order valence-electron chi connectivity index (χ2n) is 4.67. The van der Waals surface area contributed by atoms with E-state index in [9.17, 15) is 5.11 Å². The highest BCUT2D eigenvalue weighted by atomic mass is 127. The van der Waals surface area contributed by atoms with E-state index in [-0.39, 0.29) is 6.10 Å². The molecule has 3 atom stereocenters. The van der Waals surface area contributed by atoms with Crippen LogP contribution in [-0.4, -0.2) is 34.3 Å². The Balaban J connectivity index is 1.76. The van der Waals surface area contributed by atoms with Gasteiger partial charge in [0.15, 0.2) is 0 Å². The van der Waals surface area contributed by atoms with Crippen molar-refractivity contribution < 1.29 is 5.11 Å². The van der Waals surface area contributed by atoms with Crippen molar-refractivity contribution in [1.82, 2.24) is 9.97 Å². The van der Waals surface area contributed by atoms with E-state index >= 15 is 0 Å². The zero-order valence-corrected chi connectivity index (χ0v) is 11.0. The Morgan fingerprint density at radius 3 is 2.69 bits per heavy atom. The van der Waals surface area contributed by atoms with Gasteiger partial charge in [0.2, 0.25) is 5.95 Å². The molecule has 3 unspecified atom stereocenters. The molecule has 2 fully saturated rings. The van der Waals surface area contributed by atoms with E-state index in [1.807, 2.05) is 12.4 Å². The second-order valence-corrected chi connectivity index (χ2v) is 5.92. The predicted molar refractivity (Wildman–Crippen MR) is 69.2 cm³/mol. The number of hydrogen-bond donors (Lipinski definition) is 1. The van der Waals surface area contributed by atoms with Crippen LogP contribution in [0.1, 0.15) is 12.8 Å². The van der Waals surface area contributed by atoms with E-state index in [0.29, 0.717) is 11.8 Å². The molecule has 86 valence electrons. The smallest absolute Gasteiger partial charge is 0.225 e. The molecular formula is C11H14IN3O. The molecule has 0 aromatic carbocycles. The number of aromatic nitrogens is 2. The van der Waals surface area contributed by atoms with Crippen molar-refractivity contribution in [1.29, 1.82) is 0 Å². The average Bonchev–Trinajstić information content (AvgIpc) is 2.83. The summed E-state index contributed by atoms with van der Waals surface area (Å²) in [4.78, 5) is 10.9. The number of hydrogen-bond acceptors (Lipinski definition) is 4. The van der Waals surface area contributed by atoms with E-state index < -0.39 is 0 Å². The number of aliphatic hydroxyl groups is 1. The van der Waals surface area contributed by atoms with E-state index in [1.54, 1.807) is 0 Å². The fraction of sp³-hybridized carbons (Fsp3) is 0.636. The second kappa shape index (κ2) is 4.10. The molecule has 0 bridgehead atoms. The third kappa shape index (κ3) is 1.79. The Labute approximate surface area is 108 Å². The molecule has 16 heavy (non-hydrogen) atoms. The molecule has 2 aliphatic rings. The van der Waals surface area contributed by atoms with Gasteiger partial charge in [0.25, 0.3) is 0 Å². The van der Waals surface area contributed by atoms with Crippen LogP contribution in [0.4, 0.5) is 5.95 Å². The van der Waals surface area contributed by atoms with Crippen LogP contribution in [-0.2, 0) is 0 Å². The Bertz CT molecular complexity index is 383. The number of anilines is 1. The van der Waals surface area contributed by atoms with Crippen molar-refractivity contribution in [3.8, 4) is 0 Å². The Kier molecular flexibility index (Phi) is 2.75. The van der Waals surface area contributed by atoms with Crippen molar-refractivity contribution in [3.63, 3.8) is 0 Å². The molecule has 1 aromatic heterocycles. The number of rotatable bonds is 1. The number of fused-ring (bicyclic) bond motifs is 1. The lowest BCUT2D eigenvalue weighted by Crippen LogP contribution is -2.25. The molecule has 4 nitrogen and oxygen atoms in total. The van der Waals surface area contributed by atoms with E-state index in [1.165, 1.54) is 0 Å². The fourth-order valence-corrected chi connectivity index (χ4v) is 3.15. The number of aliphatic hydroxyl groups excluding tert-OH is 1. The van der Waals surface area contributed by atoms with Gasteiger partial charge in [-0.1, -0.05) is 0 Å². The zero-order valence-electron chi connectivity index (χ0n) is 8.88. The van der Waals surface area contributed by atoms with Gasteiger partial charge in [0.05, 0.1) is 6.10 Å². The molecule has 1 saturated carbocycles. The highest BCUT2D eigenvalue weighted by Crippen LogP contribution is 2.38. The van der Waals surface area contributed by atoms with Gasteiger partial charge in [-0.25, -0.2) is 9.97 Å². The van der Waals surface area contributed by atoms with Gasteiger partial charge in [-0.15, -0.1) is 0 Å². The van der Waals surface area contributed by atoms with Crippen LogP contribution >= 0.6 is 22.6 Å². The molecule has 3 rings (SSSR count). The van der Waals surface area contributed by atoms with Gasteiger partial charge in [0, 0.05) is 35.0 Å². The minimum atomic E-state index is -0.112. The van der Waals surface area contributed by atoms with Gasteiger partial charge >= 0.3 is 0 Å². The van der Waals surface area contributed by atoms with Gasteiger partial charge in [-0.3, -0.25) is 0 Å². The molecule has 0 spiro atoms. The summed E-state index contributed by atoms with van der Waals surface area (Å²) in [5.74, 6) is 1.88. The monoisotopic (exact) mass is 331 g/mol. The summed E-state index contributed by atoms with van der Waals surface area (Å²) < 4.78 is 1.06. The molecule has 0 radical (unpaired) electrons. The van der Waals surface area contributed by atoms with Gasteiger partial charge < -0.3 is 10.0 Å². The summed E-state index contributed by atoms with van der Waals surface area (Å²) in [7, 11) is 0. The van der Waals surface area contributed by atoms with Crippen LogP contribution < -0.4 is 4.90 Å². The lowest BCUT2D eigenvalue weighted by Gasteiger charge is -2.17. The average molecular weight is 331 g/mol. The molecule has 0 amide bonds. The highest BCUT2D eigenvalue weighted by Gasteiger charge is 2.42. The quantitative estimate of drug-likeness (QED) is 0.788. The summed E-state index contributed by atoms with van der Waals surface area (Å²) in [5.41, 5.74) is 0.